The highest BCUT2D eigenvalue weighted by Crippen LogP contribution is 2.26. The van der Waals surface area contributed by atoms with E-state index in [2.05, 4.69) is 5.32 Å². The zero-order valence-corrected chi connectivity index (χ0v) is 17.5. The smallest absolute Gasteiger partial charge is 0.411 e. The number of rotatable bonds is 6. The Balaban J connectivity index is 1.52. The fraction of sp³-hybridized carbons (Fsp3) is 0.333. The van der Waals surface area contributed by atoms with Crippen molar-refractivity contribution in [3.05, 3.63) is 59.8 Å². The SMILES string of the molecule is COc1cc(C(=O)O)ccc1Cn1ccc2ccc(NC(=O)OC3CCCCC3)cc21. The van der Waals surface area contributed by atoms with Crippen LogP contribution in [0.2, 0.25) is 0 Å². The van der Waals surface area contributed by atoms with Gasteiger partial charge in [0.2, 0.25) is 0 Å². The fourth-order valence-corrected chi connectivity index (χ4v) is 4.07. The lowest BCUT2D eigenvalue weighted by Gasteiger charge is -2.21. The van der Waals surface area contributed by atoms with E-state index in [0.29, 0.717) is 18.0 Å². The van der Waals surface area contributed by atoms with E-state index in [9.17, 15) is 14.7 Å². The van der Waals surface area contributed by atoms with Gasteiger partial charge >= 0.3 is 12.1 Å². The highest BCUT2D eigenvalue weighted by Gasteiger charge is 2.18. The summed E-state index contributed by atoms with van der Waals surface area (Å²) in [6.07, 6.45) is 6.81. The summed E-state index contributed by atoms with van der Waals surface area (Å²) in [5.74, 6) is -0.473. The van der Waals surface area contributed by atoms with Crippen LogP contribution in [-0.2, 0) is 11.3 Å². The third-order valence-electron chi connectivity index (χ3n) is 5.72. The van der Waals surface area contributed by atoms with E-state index in [1.165, 1.54) is 19.6 Å². The standard InChI is InChI=1S/C24H26N2O5/c1-30-22-13-17(23(27)28)7-8-18(22)15-26-12-11-16-9-10-19(14-21(16)26)25-24(29)31-20-5-3-2-4-6-20/h7-14,20H,2-6,15H2,1H3,(H,25,29)(H,27,28). The first kappa shape index (κ1) is 20.8. The van der Waals surface area contributed by atoms with Gasteiger partial charge in [0.15, 0.2) is 0 Å². The van der Waals surface area contributed by atoms with Gasteiger partial charge in [-0.15, -0.1) is 0 Å². The van der Waals surface area contributed by atoms with Crippen molar-refractivity contribution in [1.29, 1.82) is 0 Å². The van der Waals surface area contributed by atoms with Gasteiger partial charge in [0.25, 0.3) is 0 Å². The van der Waals surface area contributed by atoms with Gasteiger partial charge < -0.3 is 19.1 Å². The molecule has 0 bridgehead atoms. The number of carbonyl (C=O) groups is 2. The van der Waals surface area contributed by atoms with E-state index in [1.54, 1.807) is 12.1 Å². The summed E-state index contributed by atoms with van der Waals surface area (Å²) in [6.45, 7) is 0.503. The van der Waals surface area contributed by atoms with Crippen molar-refractivity contribution in [1.82, 2.24) is 4.57 Å². The second-order valence-corrected chi connectivity index (χ2v) is 7.84. The largest absolute Gasteiger partial charge is 0.496 e. The third-order valence-corrected chi connectivity index (χ3v) is 5.72. The van der Waals surface area contributed by atoms with Crippen molar-refractivity contribution < 1.29 is 24.2 Å². The van der Waals surface area contributed by atoms with Gasteiger partial charge in [-0.1, -0.05) is 18.6 Å². The van der Waals surface area contributed by atoms with Crippen LogP contribution in [0.3, 0.4) is 0 Å². The van der Waals surface area contributed by atoms with Crippen molar-refractivity contribution in [3.8, 4) is 5.75 Å². The van der Waals surface area contributed by atoms with Gasteiger partial charge in [0.1, 0.15) is 11.9 Å². The number of hydrogen-bond acceptors (Lipinski definition) is 4. The Hall–Kier alpha value is -3.48. The number of carboxylic acid groups (broad SMARTS) is 1. The molecule has 0 atom stereocenters. The van der Waals surface area contributed by atoms with Crippen molar-refractivity contribution >= 4 is 28.7 Å². The molecule has 0 unspecified atom stereocenters. The first-order valence-electron chi connectivity index (χ1n) is 10.5. The maximum Gasteiger partial charge on any atom is 0.411 e. The summed E-state index contributed by atoms with van der Waals surface area (Å²) in [5.41, 5.74) is 2.65. The molecule has 1 fully saturated rings. The zero-order valence-electron chi connectivity index (χ0n) is 17.5. The second-order valence-electron chi connectivity index (χ2n) is 7.84. The van der Waals surface area contributed by atoms with Gasteiger partial charge in [-0.3, -0.25) is 5.32 Å². The highest BCUT2D eigenvalue weighted by molar-refractivity contribution is 5.90. The molecule has 2 aromatic carbocycles. The van der Waals surface area contributed by atoms with Crippen molar-refractivity contribution in [2.75, 3.05) is 12.4 Å². The van der Waals surface area contributed by atoms with Gasteiger partial charge in [-0.2, -0.15) is 0 Å². The van der Waals surface area contributed by atoms with Crippen molar-refractivity contribution in [2.24, 2.45) is 0 Å². The van der Waals surface area contributed by atoms with Crippen LogP contribution in [0, 0.1) is 0 Å². The van der Waals surface area contributed by atoms with Crippen molar-refractivity contribution in [2.45, 2.75) is 44.8 Å². The molecule has 0 saturated heterocycles. The van der Waals surface area contributed by atoms with Crippen LogP contribution in [-0.4, -0.2) is 34.9 Å². The first-order valence-corrected chi connectivity index (χ1v) is 10.5. The summed E-state index contributed by atoms with van der Waals surface area (Å²) < 4.78 is 13.0. The Morgan fingerprint density at radius 2 is 1.90 bits per heavy atom. The number of fused-ring (bicyclic) bond motifs is 1. The number of carbonyl (C=O) groups excluding carboxylic acids is 1. The van der Waals surface area contributed by atoms with Gasteiger partial charge in [-0.25, -0.2) is 9.59 Å². The number of ether oxygens (including phenoxy) is 2. The Labute approximate surface area is 180 Å². The van der Waals surface area contributed by atoms with Crippen LogP contribution in [0.1, 0.15) is 48.0 Å². The molecule has 1 aromatic heterocycles. The minimum absolute atomic E-state index is 0.00239. The number of nitrogens with zero attached hydrogens (tertiary/aromatic N) is 1. The van der Waals surface area contributed by atoms with Crippen LogP contribution in [0.25, 0.3) is 10.9 Å². The van der Waals surface area contributed by atoms with Crippen LogP contribution in [0.5, 0.6) is 5.75 Å². The Bertz CT molecular complexity index is 1100. The number of nitrogens with one attached hydrogen (secondary N) is 1. The topological polar surface area (TPSA) is 89.8 Å². The zero-order chi connectivity index (χ0) is 21.8. The minimum atomic E-state index is -0.993. The summed E-state index contributed by atoms with van der Waals surface area (Å²) >= 11 is 0. The fourth-order valence-electron chi connectivity index (χ4n) is 4.07. The molecule has 1 amide bonds. The predicted molar refractivity (Wildman–Crippen MR) is 118 cm³/mol. The lowest BCUT2D eigenvalue weighted by atomic mass is 9.98. The molecular weight excluding hydrogens is 396 g/mol. The Kier molecular flexibility index (Phi) is 6.11. The van der Waals surface area contributed by atoms with Gasteiger partial charge in [-0.05, 0) is 61.4 Å². The molecule has 2 N–H and O–H groups in total. The summed E-state index contributed by atoms with van der Waals surface area (Å²) in [7, 11) is 1.53. The monoisotopic (exact) mass is 422 g/mol. The molecule has 4 rings (SSSR count). The van der Waals surface area contributed by atoms with E-state index >= 15 is 0 Å². The predicted octanol–water partition coefficient (Wildman–Crippen LogP) is 5.28. The molecule has 1 saturated carbocycles. The molecule has 1 aliphatic rings. The molecule has 7 heteroatoms. The molecule has 1 aliphatic carbocycles. The number of carboxylic acids is 1. The number of benzene rings is 2. The van der Waals surface area contributed by atoms with E-state index in [-0.39, 0.29) is 11.7 Å². The summed E-state index contributed by atoms with van der Waals surface area (Å²) in [5, 5.41) is 13.1. The number of aromatic nitrogens is 1. The summed E-state index contributed by atoms with van der Waals surface area (Å²) in [4.78, 5) is 23.5. The Morgan fingerprint density at radius 3 is 2.65 bits per heavy atom. The average molecular weight is 422 g/mol. The lowest BCUT2D eigenvalue weighted by molar-refractivity contribution is 0.0696. The average Bonchev–Trinajstić information content (AvgIpc) is 3.16. The van der Waals surface area contributed by atoms with Crippen molar-refractivity contribution in [3.63, 3.8) is 0 Å². The lowest BCUT2D eigenvalue weighted by Crippen LogP contribution is -2.24. The molecule has 0 spiro atoms. The minimum Gasteiger partial charge on any atom is -0.496 e. The number of aromatic carboxylic acids is 1. The van der Waals surface area contributed by atoms with E-state index in [1.807, 2.05) is 35.0 Å². The molecular formula is C24H26N2O5. The molecule has 0 radical (unpaired) electrons. The normalized spacial score (nSPS) is 14.4. The number of hydrogen-bond donors (Lipinski definition) is 2. The number of anilines is 1. The van der Waals surface area contributed by atoms with Gasteiger partial charge in [0, 0.05) is 17.4 Å². The first-order chi connectivity index (χ1) is 15.0. The van der Waals surface area contributed by atoms with Crippen LogP contribution in [0.4, 0.5) is 10.5 Å². The maximum absolute atomic E-state index is 12.3. The molecule has 31 heavy (non-hydrogen) atoms. The van der Waals surface area contributed by atoms with Crippen LogP contribution in [0.15, 0.2) is 48.7 Å². The molecule has 7 nitrogen and oxygen atoms in total. The molecule has 3 aromatic rings. The number of methoxy groups -OCH3 is 1. The highest BCUT2D eigenvalue weighted by atomic mass is 16.6. The third kappa shape index (κ3) is 4.82. The molecule has 0 aliphatic heterocycles. The summed E-state index contributed by atoms with van der Waals surface area (Å²) in [6, 6.07) is 12.6. The number of amides is 1. The van der Waals surface area contributed by atoms with Crippen LogP contribution >= 0.6 is 0 Å². The van der Waals surface area contributed by atoms with E-state index in [4.69, 9.17) is 9.47 Å². The molecule has 162 valence electrons. The van der Waals surface area contributed by atoms with E-state index < -0.39 is 12.1 Å². The quantitative estimate of drug-likeness (QED) is 0.564. The van der Waals surface area contributed by atoms with Gasteiger partial charge in [0.05, 0.1) is 24.7 Å². The Morgan fingerprint density at radius 1 is 1.10 bits per heavy atom. The van der Waals surface area contributed by atoms with E-state index in [0.717, 1.165) is 42.1 Å². The molecule has 1 heterocycles. The maximum atomic E-state index is 12.3. The van der Waals surface area contributed by atoms with Crippen LogP contribution < -0.4 is 10.1 Å². The second kappa shape index (κ2) is 9.12.